The molecular formula is C16H11ClO3. The fraction of sp³-hybridized carbons (Fsp3) is 0.0625. The molecule has 2 rings (SSSR count). The van der Waals surface area contributed by atoms with Crippen LogP contribution in [0.5, 0.6) is 0 Å². The number of hydrogen-bond acceptors (Lipinski definition) is 3. The molecule has 0 atom stereocenters. The Labute approximate surface area is 121 Å². The van der Waals surface area contributed by atoms with Gasteiger partial charge in [-0.25, -0.2) is 4.79 Å². The summed E-state index contributed by atoms with van der Waals surface area (Å²) in [5, 5.41) is 0.664. The zero-order chi connectivity index (χ0) is 14.4. The fourth-order valence-corrected chi connectivity index (χ4v) is 1.65. The molecule has 0 aliphatic rings. The van der Waals surface area contributed by atoms with E-state index in [-0.39, 0.29) is 6.61 Å². The summed E-state index contributed by atoms with van der Waals surface area (Å²) in [6.45, 7) is -0.0443. The van der Waals surface area contributed by atoms with Gasteiger partial charge in [0, 0.05) is 16.7 Å². The lowest BCUT2D eigenvalue weighted by Gasteiger charge is -1.96. The van der Waals surface area contributed by atoms with Gasteiger partial charge >= 0.3 is 5.97 Å². The van der Waals surface area contributed by atoms with Crippen LogP contribution in [-0.4, -0.2) is 12.6 Å². The Balaban J connectivity index is 2.06. The predicted molar refractivity (Wildman–Crippen MR) is 78.0 cm³/mol. The van der Waals surface area contributed by atoms with Crippen LogP contribution in [0, 0.1) is 12.3 Å². The van der Waals surface area contributed by atoms with Gasteiger partial charge in [0.25, 0.3) is 0 Å². The zero-order valence-electron chi connectivity index (χ0n) is 10.5. The number of carbonyl (C=O) groups excluding carboxylic acids is 1. The molecule has 0 N–H and O–H groups in total. The standard InChI is InChI=1S/C16H11ClO3/c1-2-11-19-16(18)10-8-14-7-9-15(20-14)12-3-5-13(17)6-4-12/h1,3-10H,11H2/b10-8+. The first-order valence-corrected chi connectivity index (χ1v) is 6.21. The van der Waals surface area contributed by atoms with E-state index < -0.39 is 5.97 Å². The molecule has 100 valence electrons. The number of benzene rings is 1. The van der Waals surface area contributed by atoms with Crippen molar-refractivity contribution in [3.63, 3.8) is 0 Å². The number of ether oxygens (including phenoxy) is 1. The molecule has 0 fully saturated rings. The van der Waals surface area contributed by atoms with Crippen molar-refractivity contribution in [3.8, 4) is 23.7 Å². The van der Waals surface area contributed by atoms with Gasteiger partial charge in [-0.3, -0.25) is 0 Å². The molecule has 0 bridgehead atoms. The smallest absolute Gasteiger partial charge is 0.331 e. The van der Waals surface area contributed by atoms with Gasteiger partial charge in [-0.1, -0.05) is 17.5 Å². The van der Waals surface area contributed by atoms with Crippen LogP contribution >= 0.6 is 11.6 Å². The Morgan fingerprint density at radius 1 is 1.30 bits per heavy atom. The molecule has 3 nitrogen and oxygen atoms in total. The van der Waals surface area contributed by atoms with Crippen LogP contribution in [0.3, 0.4) is 0 Å². The quantitative estimate of drug-likeness (QED) is 0.488. The molecule has 0 saturated carbocycles. The normalized spacial score (nSPS) is 10.4. The van der Waals surface area contributed by atoms with Gasteiger partial charge in [-0.15, -0.1) is 6.42 Å². The molecule has 0 amide bonds. The Kier molecular flexibility index (Phi) is 4.65. The molecule has 2 aromatic rings. The average molecular weight is 287 g/mol. The van der Waals surface area contributed by atoms with Crippen molar-refractivity contribution in [2.24, 2.45) is 0 Å². The lowest BCUT2D eigenvalue weighted by molar-refractivity contribution is -0.136. The van der Waals surface area contributed by atoms with Crippen molar-refractivity contribution < 1.29 is 13.9 Å². The second-order valence-corrected chi connectivity index (χ2v) is 4.29. The Bertz CT molecular complexity index is 660. The van der Waals surface area contributed by atoms with Gasteiger partial charge in [-0.05, 0) is 42.5 Å². The summed E-state index contributed by atoms with van der Waals surface area (Å²) in [5.41, 5.74) is 0.906. The molecule has 0 aliphatic carbocycles. The number of terminal acetylenes is 1. The summed E-state index contributed by atoms with van der Waals surface area (Å²) in [4.78, 5) is 11.2. The summed E-state index contributed by atoms with van der Waals surface area (Å²) >= 11 is 5.82. The van der Waals surface area contributed by atoms with E-state index >= 15 is 0 Å². The van der Waals surface area contributed by atoms with E-state index in [4.69, 9.17) is 27.2 Å². The van der Waals surface area contributed by atoms with E-state index in [0.717, 1.165) is 5.56 Å². The lowest BCUT2D eigenvalue weighted by atomic mass is 10.2. The zero-order valence-corrected chi connectivity index (χ0v) is 11.3. The molecule has 1 aromatic heterocycles. The fourth-order valence-electron chi connectivity index (χ4n) is 1.52. The summed E-state index contributed by atoms with van der Waals surface area (Å²) in [6, 6.07) is 10.9. The molecule has 1 aromatic carbocycles. The highest BCUT2D eigenvalue weighted by Gasteiger charge is 2.03. The summed E-state index contributed by atoms with van der Waals surface area (Å²) in [5.74, 6) is 2.95. The molecule has 20 heavy (non-hydrogen) atoms. The van der Waals surface area contributed by atoms with Crippen molar-refractivity contribution >= 4 is 23.6 Å². The molecule has 0 saturated heterocycles. The number of rotatable bonds is 4. The third-order valence-electron chi connectivity index (χ3n) is 2.44. The van der Waals surface area contributed by atoms with Crippen molar-refractivity contribution in [1.82, 2.24) is 0 Å². The summed E-state index contributed by atoms with van der Waals surface area (Å²) in [7, 11) is 0. The number of esters is 1. The maximum Gasteiger partial charge on any atom is 0.331 e. The number of halogens is 1. The third kappa shape index (κ3) is 3.78. The van der Waals surface area contributed by atoms with Gasteiger partial charge in [0.1, 0.15) is 11.5 Å². The first-order valence-electron chi connectivity index (χ1n) is 5.83. The highest BCUT2D eigenvalue weighted by atomic mass is 35.5. The number of carbonyl (C=O) groups is 1. The molecule has 0 aliphatic heterocycles. The van der Waals surface area contributed by atoms with Crippen LogP contribution in [0.15, 0.2) is 46.9 Å². The van der Waals surface area contributed by atoms with E-state index in [9.17, 15) is 4.79 Å². The van der Waals surface area contributed by atoms with Gasteiger partial charge in [0.05, 0.1) is 0 Å². The Morgan fingerprint density at radius 3 is 2.75 bits per heavy atom. The van der Waals surface area contributed by atoms with Crippen molar-refractivity contribution in [1.29, 1.82) is 0 Å². The SMILES string of the molecule is C#CCOC(=O)/C=C/c1ccc(-c2ccc(Cl)cc2)o1. The predicted octanol–water partition coefficient (Wildman–Crippen LogP) is 3.79. The highest BCUT2D eigenvalue weighted by molar-refractivity contribution is 6.30. The Morgan fingerprint density at radius 2 is 2.05 bits per heavy atom. The second-order valence-electron chi connectivity index (χ2n) is 3.85. The average Bonchev–Trinajstić information content (AvgIpc) is 2.92. The van der Waals surface area contributed by atoms with Crippen LogP contribution in [0.2, 0.25) is 5.02 Å². The third-order valence-corrected chi connectivity index (χ3v) is 2.69. The highest BCUT2D eigenvalue weighted by Crippen LogP contribution is 2.24. The van der Waals surface area contributed by atoms with Gasteiger partial charge in [0.15, 0.2) is 6.61 Å². The van der Waals surface area contributed by atoms with Crippen LogP contribution in [0.1, 0.15) is 5.76 Å². The maximum absolute atomic E-state index is 11.2. The minimum absolute atomic E-state index is 0.0443. The second kappa shape index (κ2) is 6.65. The molecule has 0 unspecified atom stereocenters. The van der Waals surface area contributed by atoms with E-state index in [2.05, 4.69) is 5.92 Å². The van der Waals surface area contributed by atoms with Crippen molar-refractivity contribution in [2.75, 3.05) is 6.61 Å². The molecule has 0 radical (unpaired) electrons. The minimum Gasteiger partial charge on any atom is -0.457 e. The van der Waals surface area contributed by atoms with E-state index in [0.29, 0.717) is 16.5 Å². The van der Waals surface area contributed by atoms with Crippen LogP contribution < -0.4 is 0 Å². The summed E-state index contributed by atoms with van der Waals surface area (Å²) in [6.07, 6.45) is 7.77. The molecule has 0 spiro atoms. The van der Waals surface area contributed by atoms with Crippen LogP contribution in [-0.2, 0) is 9.53 Å². The first-order chi connectivity index (χ1) is 9.69. The van der Waals surface area contributed by atoms with Crippen molar-refractivity contribution in [2.45, 2.75) is 0 Å². The Hall–Kier alpha value is -2.44. The van der Waals surface area contributed by atoms with Crippen LogP contribution in [0.4, 0.5) is 0 Å². The first kappa shape index (κ1) is 14.0. The van der Waals surface area contributed by atoms with E-state index in [1.165, 1.54) is 12.2 Å². The topological polar surface area (TPSA) is 39.4 Å². The number of hydrogen-bond donors (Lipinski definition) is 0. The summed E-state index contributed by atoms with van der Waals surface area (Å²) < 4.78 is 10.3. The molecular weight excluding hydrogens is 276 g/mol. The van der Waals surface area contributed by atoms with Gasteiger partial charge in [-0.2, -0.15) is 0 Å². The van der Waals surface area contributed by atoms with Gasteiger partial charge < -0.3 is 9.15 Å². The number of furan rings is 1. The van der Waals surface area contributed by atoms with Crippen molar-refractivity contribution in [3.05, 3.63) is 53.3 Å². The minimum atomic E-state index is -0.507. The van der Waals surface area contributed by atoms with Crippen LogP contribution in [0.25, 0.3) is 17.4 Å². The van der Waals surface area contributed by atoms with E-state index in [1.807, 2.05) is 18.2 Å². The van der Waals surface area contributed by atoms with Gasteiger partial charge in [0.2, 0.25) is 0 Å². The van der Waals surface area contributed by atoms with E-state index in [1.54, 1.807) is 18.2 Å². The maximum atomic E-state index is 11.2. The molecule has 4 heteroatoms. The lowest BCUT2D eigenvalue weighted by Crippen LogP contribution is -1.99. The monoisotopic (exact) mass is 286 g/mol. The largest absolute Gasteiger partial charge is 0.457 e. The molecule has 1 heterocycles.